The first-order chi connectivity index (χ1) is 14.0. The highest BCUT2D eigenvalue weighted by Crippen LogP contribution is 2.23. The van der Waals surface area contributed by atoms with Crippen molar-refractivity contribution in [3.8, 4) is 11.4 Å². The van der Waals surface area contributed by atoms with E-state index in [-0.39, 0.29) is 5.78 Å². The van der Waals surface area contributed by atoms with E-state index in [2.05, 4.69) is 39.6 Å². The molecule has 0 aliphatic rings. The van der Waals surface area contributed by atoms with Gasteiger partial charge in [-0.3, -0.25) is 4.79 Å². The Morgan fingerprint density at radius 2 is 1.72 bits per heavy atom. The molecule has 150 valence electrons. The number of rotatable bonds is 9. The molecule has 6 heteroatoms. The molecule has 2 aromatic carbocycles. The molecule has 0 amide bonds. The summed E-state index contributed by atoms with van der Waals surface area (Å²) in [4.78, 5) is 23.2. The summed E-state index contributed by atoms with van der Waals surface area (Å²) < 4.78 is 0. The fourth-order valence-electron chi connectivity index (χ4n) is 2.89. The zero-order valence-corrected chi connectivity index (χ0v) is 17.1. The molecule has 0 atom stereocenters. The number of hydrogen-bond donors (Lipinski definition) is 2. The molecule has 2 N–H and O–H groups in total. The van der Waals surface area contributed by atoms with Crippen molar-refractivity contribution in [3.05, 3.63) is 66.2 Å². The van der Waals surface area contributed by atoms with E-state index < -0.39 is 0 Å². The van der Waals surface area contributed by atoms with Crippen molar-refractivity contribution >= 4 is 23.1 Å². The fraction of sp³-hybridized carbons (Fsp3) is 0.261. The second-order valence-corrected chi connectivity index (χ2v) is 7.17. The van der Waals surface area contributed by atoms with Gasteiger partial charge in [0.2, 0.25) is 0 Å². The first-order valence-corrected chi connectivity index (χ1v) is 9.72. The van der Waals surface area contributed by atoms with Crippen LogP contribution in [0.5, 0.6) is 0 Å². The van der Waals surface area contributed by atoms with Crippen LogP contribution in [0.3, 0.4) is 0 Å². The predicted molar refractivity (Wildman–Crippen MR) is 119 cm³/mol. The molecule has 29 heavy (non-hydrogen) atoms. The number of benzene rings is 2. The van der Waals surface area contributed by atoms with Gasteiger partial charge < -0.3 is 15.5 Å². The van der Waals surface area contributed by atoms with Gasteiger partial charge in [0.1, 0.15) is 11.6 Å². The lowest BCUT2D eigenvalue weighted by Gasteiger charge is -2.13. The highest BCUT2D eigenvalue weighted by Gasteiger charge is 2.08. The van der Waals surface area contributed by atoms with Gasteiger partial charge in [0, 0.05) is 29.4 Å². The summed E-state index contributed by atoms with van der Waals surface area (Å²) in [5.41, 5.74) is 2.42. The van der Waals surface area contributed by atoms with Gasteiger partial charge >= 0.3 is 0 Å². The maximum absolute atomic E-state index is 11.7. The SMILES string of the molecule is CC(=O)c1cccc(Nc2cc(NCCCN(C)C)nc(-c3ccccc3)n2)c1. The van der Waals surface area contributed by atoms with Crippen molar-refractivity contribution in [1.29, 1.82) is 0 Å². The second-order valence-electron chi connectivity index (χ2n) is 7.17. The van der Waals surface area contributed by atoms with Crippen molar-refractivity contribution < 1.29 is 4.79 Å². The van der Waals surface area contributed by atoms with E-state index in [9.17, 15) is 4.79 Å². The Bertz CT molecular complexity index is 956. The Morgan fingerprint density at radius 1 is 0.966 bits per heavy atom. The van der Waals surface area contributed by atoms with Crippen LogP contribution in [-0.4, -0.2) is 47.8 Å². The molecule has 6 nitrogen and oxygen atoms in total. The molecule has 0 aliphatic carbocycles. The maximum Gasteiger partial charge on any atom is 0.163 e. The summed E-state index contributed by atoms with van der Waals surface area (Å²) in [6.07, 6.45) is 1.01. The molecular formula is C23H27N5O. The van der Waals surface area contributed by atoms with Gasteiger partial charge in [-0.25, -0.2) is 9.97 Å². The van der Waals surface area contributed by atoms with Crippen LogP contribution >= 0.6 is 0 Å². The van der Waals surface area contributed by atoms with Crippen LogP contribution in [0.25, 0.3) is 11.4 Å². The topological polar surface area (TPSA) is 70.2 Å². The summed E-state index contributed by atoms with van der Waals surface area (Å²) in [5, 5.41) is 6.70. The van der Waals surface area contributed by atoms with Crippen LogP contribution in [-0.2, 0) is 0 Å². The minimum absolute atomic E-state index is 0.0320. The molecule has 1 heterocycles. The van der Waals surface area contributed by atoms with E-state index in [4.69, 9.17) is 0 Å². The highest BCUT2D eigenvalue weighted by molar-refractivity contribution is 5.95. The number of carbonyl (C=O) groups is 1. The minimum Gasteiger partial charge on any atom is -0.370 e. The number of nitrogens with zero attached hydrogens (tertiary/aromatic N) is 3. The van der Waals surface area contributed by atoms with Crippen molar-refractivity contribution in [2.45, 2.75) is 13.3 Å². The van der Waals surface area contributed by atoms with Crippen LogP contribution in [0, 0.1) is 0 Å². The van der Waals surface area contributed by atoms with E-state index in [1.807, 2.05) is 54.6 Å². The van der Waals surface area contributed by atoms with Gasteiger partial charge in [-0.2, -0.15) is 0 Å². The monoisotopic (exact) mass is 389 g/mol. The van der Waals surface area contributed by atoms with Gasteiger partial charge in [-0.05, 0) is 46.1 Å². The number of Topliss-reactive ketones (excluding diaryl/α,β-unsaturated/α-hetero) is 1. The van der Waals surface area contributed by atoms with Gasteiger partial charge in [-0.15, -0.1) is 0 Å². The second kappa shape index (κ2) is 9.80. The zero-order valence-electron chi connectivity index (χ0n) is 17.1. The molecule has 0 saturated heterocycles. The average Bonchev–Trinajstić information content (AvgIpc) is 2.72. The summed E-state index contributed by atoms with van der Waals surface area (Å²) in [6.45, 7) is 3.39. The van der Waals surface area contributed by atoms with Crippen LogP contribution in [0.4, 0.5) is 17.3 Å². The largest absolute Gasteiger partial charge is 0.370 e. The van der Waals surface area contributed by atoms with Crippen LogP contribution in [0.2, 0.25) is 0 Å². The van der Waals surface area contributed by atoms with Crippen molar-refractivity contribution in [1.82, 2.24) is 14.9 Å². The standard InChI is InChI=1S/C23H27N5O/c1-17(29)19-11-7-12-20(15-19)25-22-16-21(24-13-8-14-28(2)3)26-23(27-22)18-9-5-4-6-10-18/h4-7,9-12,15-16H,8,13-14H2,1-3H3,(H2,24,25,26,27). The number of hydrogen-bond acceptors (Lipinski definition) is 6. The molecule has 0 aliphatic heterocycles. The molecule has 0 saturated carbocycles. The normalized spacial score (nSPS) is 10.8. The molecule has 1 aromatic heterocycles. The maximum atomic E-state index is 11.7. The first kappa shape index (κ1) is 20.5. The third kappa shape index (κ3) is 6.12. The third-order valence-electron chi connectivity index (χ3n) is 4.39. The molecule has 3 rings (SSSR count). The van der Waals surface area contributed by atoms with Crippen molar-refractivity contribution in [3.63, 3.8) is 0 Å². The number of carbonyl (C=O) groups excluding carboxylic acids is 1. The number of aromatic nitrogens is 2. The van der Waals surface area contributed by atoms with E-state index in [0.717, 1.165) is 36.6 Å². The molecular weight excluding hydrogens is 362 g/mol. The van der Waals surface area contributed by atoms with Crippen LogP contribution in [0.15, 0.2) is 60.7 Å². The van der Waals surface area contributed by atoms with Crippen LogP contribution in [0.1, 0.15) is 23.7 Å². The number of ketones is 1. The Hall–Kier alpha value is -3.25. The Labute approximate surface area is 172 Å². The third-order valence-corrected chi connectivity index (χ3v) is 4.39. The van der Waals surface area contributed by atoms with E-state index in [1.165, 1.54) is 0 Å². The van der Waals surface area contributed by atoms with Crippen molar-refractivity contribution in [2.24, 2.45) is 0 Å². The minimum atomic E-state index is 0.0320. The average molecular weight is 390 g/mol. The lowest BCUT2D eigenvalue weighted by atomic mass is 10.1. The summed E-state index contributed by atoms with van der Waals surface area (Å²) in [5.74, 6) is 2.12. The van der Waals surface area contributed by atoms with E-state index in [0.29, 0.717) is 17.2 Å². The van der Waals surface area contributed by atoms with Gasteiger partial charge in [0.15, 0.2) is 11.6 Å². The zero-order chi connectivity index (χ0) is 20.6. The fourth-order valence-corrected chi connectivity index (χ4v) is 2.89. The van der Waals surface area contributed by atoms with Gasteiger partial charge in [-0.1, -0.05) is 42.5 Å². The van der Waals surface area contributed by atoms with E-state index >= 15 is 0 Å². The smallest absolute Gasteiger partial charge is 0.163 e. The predicted octanol–water partition coefficient (Wildman–Crippen LogP) is 4.45. The Morgan fingerprint density at radius 3 is 2.45 bits per heavy atom. The Kier molecular flexibility index (Phi) is 6.92. The van der Waals surface area contributed by atoms with Crippen LogP contribution < -0.4 is 10.6 Å². The molecule has 3 aromatic rings. The molecule has 0 unspecified atom stereocenters. The van der Waals surface area contributed by atoms with E-state index in [1.54, 1.807) is 13.0 Å². The lowest BCUT2D eigenvalue weighted by Crippen LogP contribution is -2.16. The summed E-state index contributed by atoms with van der Waals surface area (Å²) in [6, 6.07) is 19.2. The number of anilines is 3. The Balaban J connectivity index is 1.85. The van der Waals surface area contributed by atoms with Crippen molar-refractivity contribution in [2.75, 3.05) is 37.8 Å². The molecule has 0 fully saturated rings. The lowest BCUT2D eigenvalue weighted by molar-refractivity contribution is 0.101. The van der Waals surface area contributed by atoms with Gasteiger partial charge in [0.25, 0.3) is 0 Å². The summed E-state index contributed by atoms with van der Waals surface area (Å²) >= 11 is 0. The highest BCUT2D eigenvalue weighted by atomic mass is 16.1. The molecule has 0 spiro atoms. The van der Waals surface area contributed by atoms with Gasteiger partial charge in [0.05, 0.1) is 0 Å². The summed E-state index contributed by atoms with van der Waals surface area (Å²) in [7, 11) is 4.13. The first-order valence-electron chi connectivity index (χ1n) is 9.72. The quantitative estimate of drug-likeness (QED) is 0.416. The molecule has 0 radical (unpaired) electrons. The molecule has 0 bridgehead atoms. The number of nitrogens with one attached hydrogen (secondary N) is 2.